The van der Waals surface area contributed by atoms with Crippen LogP contribution in [0, 0.1) is 5.92 Å². The molecule has 0 saturated heterocycles. The van der Waals surface area contributed by atoms with Gasteiger partial charge in [-0.15, -0.1) is 0 Å². The van der Waals surface area contributed by atoms with Crippen LogP contribution in [0.4, 0.5) is 21.9 Å². The summed E-state index contributed by atoms with van der Waals surface area (Å²) in [6, 6.07) is 12.9. The number of ether oxygens (including phenoxy) is 2. The number of amides is 3. The van der Waals surface area contributed by atoms with E-state index in [1.807, 2.05) is 87.3 Å². The van der Waals surface area contributed by atoms with Gasteiger partial charge in [0.25, 0.3) is 0 Å². The Morgan fingerprint density at radius 1 is 1.00 bits per heavy atom. The van der Waals surface area contributed by atoms with Gasteiger partial charge in [-0.3, -0.25) is 14.9 Å². The van der Waals surface area contributed by atoms with Crippen molar-refractivity contribution in [3.05, 3.63) is 48.0 Å². The Balaban J connectivity index is 1.44. The third-order valence-corrected chi connectivity index (χ3v) is 8.05. The number of fused-ring (bicyclic) bond motifs is 1. The van der Waals surface area contributed by atoms with E-state index >= 15 is 0 Å². The van der Waals surface area contributed by atoms with Crippen LogP contribution in [0.15, 0.2) is 47.5 Å². The third kappa shape index (κ3) is 9.60. The van der Waals surface area contributed by atoms with Gasteiger partial charge in [-0.2, -0.15) is 0 Å². The summed E-state index contributed by atoms with van der Waals surface area (Å²) in [7, 11) is 5.72. The summed E-state index contributed by atoms with van der Waals surface area (Å²) in [5, 5.41) is 5.72. The molecule has 0 spiro atoms. The number of nitrogens with one attached hydrogen (secondary N) is 2. The summed E-state index contributed by atoms with van der Waals surface area (Å²) >= 11 is 0. The summed E-state index contributed by atoms with van der Waals surface area (Å²) in [6.07, 6.45) is 6.81. The van der Waals surface area contributed by atoms with E-state index in [0.29, 0.717) is 49.2 Å². The Morgan fingerprint density at radius 2 is 1.76 bits per heavy atom. The Labute approximate surface area is 266 Å². The summed E-state index contributed by atoms with van der Waals surface area (Å²) in [4.78, 5) is 48.9. The second-order valence-corrected chi connectivity index (χ2v) is 12.4. The van der Waals surface area contributed by atoms with Crippen molar-refractivity contribution in [1.29, 1.82) is 0 Å². The van der Waals surface area contributed by atoms with E-state index in [4.69, 9.17) is 14.5 Å². The molecule has 1 aliphatic carbocycles. The van der Waals surface area contributed by atoms with E-state index in [0.717, 1.165) is 24.1 Å². The minimum absolute atomic E-state index is 0.101. The Kier molecular flexibility index (Phi) is 12.1. The lowest BCUT2D eigenvalue weighted by Gasteiger charge is -2.31. The van der Waals surface area contributed by atoms with Crippen LogP contribution in [0.25, 0.3) is 0 Å². The minimum Gasteiger partial charge on any atom is -0.493 e. The van der Waals surface area contributed by atoms with Crippen molar-refractivity contribution < 1.29 is 23.9 Å². The van der Waals surface area contributed by atoms with Gasteiger partial charge in [0.05, 0.1) is 36.8 Å². The van der Waals surface area contributed by atoms with Crippen molar-refractivity contribution >= 4 is 40.9 Å². The lowest BCUT2D eigenvalue weighted by molar-refractivity contribution is -0.145. The van der Waals surface area contributed by atoms with Crippen molar-refractivity contribution in [2.45, 2.75) is 71.4 Å². The molecule has 0 atom stereocenters. The van der Waals surface area contributed by atoms with Gasteiger partial charge in [-0.05, 0) is 49.4 Å². The van der Waals surface area contributed by atoms with Crippen LogP contribution in [0.2, 0.25) is 0 Å². The number of para-hydroxylation sites is 2. The SMILES string of the molecule is CC(C)COC(=O)CN1Cc2c(cccc2OCCCC(=O)N(C)C2CCCCC2)N=C1NC(=O)Nc1ccccc1N(C)C. The van der Waals surface area contributed by atoms with E-state index in [2.05, 4.69) is 10.6 Å². The predicted molar refractivity (Wildman–Crippen MR) is 177 cm³/mol. The standard InChI is InChI=1S/C34H48N6O5/c1-24(2)23-45-32(42)22-40-21-26-27(35-33(40)37-34(43)36-28-15-9-10-17-29(28)38(3)4)16-11-18-30(26)44-20-12-19-31(41)39(5)25-13-7-6-8-14-25/h9-11,15-18,24-25H,6-8,12-14,19-23H2,1-5H3,(H2,35,36,37,43). The highest BCUT2D eigenvalue weighted by Crippen LogP contribution is 2.34. The van der Waals surface area contributed by atoms with Gasteiger partial charge in [0.2, 0.25) is 11.9 Å². The molecule has 11 nitrogen and oxygen atoms in total. The van der Waals surface area contributed by atoms with Crippen LogP contribution in [-0.2, 0) is 20.9 Å². The Hall–Kier alpha value is -4.28. The van der Waals surface area contributed by atoms with E-state index in [1.165, 1.54) is 19.3 Å². The molecular formula is C34H48N6O5. The second-order valence-electron chi connectivity index (χ2n) is 12.4. The number of nitrogens with zero attached hydrogens (tertiary/aromatic N) is 4. The molecule has 1 aliphatic heterocycles. The highest BCUT2D eigenvalue weighted by Gasteiger charge is 2.27. The molecule has 2 aromatic carbocycles. The number of hydrogen-bond acceptors (Lipinski definition) is 8. The predicted octanol–water partition coefficient (Wildman–Crippen LogP) is 5.53. The molecule has 244 valence electrons. The quantitative estimate of drug-likeness (QED) is 0.237. The zero-order valence-corrected chi connectivity index (χ0v) is 27.3. The van der Waals surface area contributed by atoms with Gasteiger partial charge in [-0.1, -0.05) is 51.3 Å². The molecule has 45 heavy (non-hydrogen) atoms. The molecule has 2 N–H and O–H groups in total. The van der Waals surface area contributed by atoms with Crippen LogP contribution in [-0.4, -0.2) is 80.6 Å². The smallest absolute Gasteiger partial charge is 0.326 e. The van der Waals surface area contributed by atoms with Gasteiger partial charge in [-0.25, -0.2) is 9.79 Å². The Morgan fingerprint density at radius 3 is 2.49 bits per heavy atom. The highest BCUT2D eigenvalue weighted by atomic mass is 16.5. The van der Waals surface area contributed by atoms with Crippen molar-refractivity contribution in [2.75, 3.05) is 51.1 Å². The van der Waals surface area contributed by atoms with Crippen molar-refractivity contribution in [1.82, 2.24) is 15.1 Å². The number of hydrogen-bond donors (Lipinski definition) is 2. The number of rotatable bonds is 12. The molecule has 2 aliphatic rings. The molecule has 1 saturated carbocycles. The van der Waals surface area contributed by atoms with Crippen molar-refractivity contribution in [3.63, 3.8) is 0 Å². The van der Waals surface area contributed by atoms with Crippen LogP contribution < -0.4 is 20.3 Å². The molecular weight excluding hydrogens is 572 g/mol. The van der Waals surface area contributed by atoms with Gasteiger partial charge < -0.3 is 29.5 Å². The first-order chi connectivity index (χ1) is 21.6. The maximum absolute atomic E-state index is 13.1. The van der Waals surface area contributed by atoms with Crippen molar-refractivity contribution in [3.8, 4) is 5.75 Å². The molecule has 0 unspecified atom stereocenters. The molecule has 1 heterocycles. The molecule has 1 fully saturated rings. The first-order valence-electron chi connectivity index (χ1n) is 16.0. The average Bonchev–Trinajstić information content (AvgIpc) is 3.02. The lowest BCUT2D eigenvalue weighted by atomic mass is 9.94. The number of carbonyl (C=O) groups excluding carboxylic acids is 3. The topological polar surface area (TPSA) is 116 Å². The van der Waals surface area contributed by atoms with E-state index in [9.17, 15) is 14.4 Å². The van der Waals surface area contributed by atoms with Gasteiger partial charge in [0.1, 0.15) is 12.3 Å². The zero-order valence-electron chi connectivity index (χ0n) is 27.3. The van der Waals surface area contributed by atoms with Crippen LogP contribution in [0.5, 0.6) is 5.75 Å². The molecule has 0 bridgehead atoms. The minimum atomic E-state index is -0.484. The number of carbonyl (C=O) groups is 3. The number of aliphatic imine (C=N–C) groups is 1. The molecule has 0 aromatic heterocycles. The molecule has 3 amide bonds. The monoisotopic (exact) mass is 620 g/mol. The second kappa shape index (κ2) is 16.2. The van der Waals surface area contributed by atoms with Crippen LogP contribution in [0.3, 0.4) is 0 Å². The zero-order chi connectivity index (χ0) is 32.3. The fourth-order valence-electron chi connectivity index (χ4n) is 5.58. The third-order valence-electron chi connectivity index (χ3n) is 8.05. The first kappa shape index (κ1) is 33.6. The molecule has 2 aromatic rings. The maximum atomic E-state index is 13.1. The van der Waals surface area contributed by atoms with Crippen molar-refractivity contribution in [2.24, 2.45) is 10.9 Å². The first-order valence-corrected chi connectivity index (χ1v) is 16.0. The maximum Gasteiger partial charge on any atom is 0.326 e. The van der Waals surface area contributed by atoms with Gasteiger partial charge in [0, 0.05) is 39.2 Å². The summed E-state index contributed by atoms with van der Waals surface area (Å²) in [6.45, 7) is 4.79. The molecule has 0 radical (unpaired) electrons. The van der Waals surface area contributed by atoms with Crippen LogP contribution >= 0.6 is 0 Å². The molecule has 4 rings (SSSR count). The fraction of sp³-hybridized carbons (Fsp3) is 0.529. The largest absolute Gasteiger partial charge is 0.493 e. The number of urea groups is 1. The number of esters is 1. The number of anilines is 2. The van der Waals surface area contributed by atoms with Gasteiger partial charge in [0.15, 0.2) is 0 Å². The van der Waals surface area contributed by atoms with E-state index < -0.39 is 12.0 Å². The molecule has 11 heteroatoms. The Bertz CT molecular complexity index is 1350. The summed E-state index contributed by atoms with van der Waals surface area (Å²) in [5.41, 5.74) is 2.92. The number of guanidine groups is 1. The number of benzene rings is 2. The van der Waals surface area contributed by atoms with E-state index in [-0.39, 0.29) is 30.9 Å². The average molecular weight is 621 g/mol. The fourth-order valence-corrected chi connectivity index (χ4v) is 5.58. The highest BCUT2D eigenvalue weighted by molar-refractivity contribution is 6.05. The van der Waals surface area contributed by atoms with Gasteiger partial charge >= 0.3 is 12.0 Å². The normalized spacial score (nSPS) is 14.7. The summed E-state index contributed by atoms with van der Waals surface area (Å²) < 4.78 is 11.6. The lowest BCUT2D eigenvalue weighted by Crippen LogP contribution is -2.48. The van der Waals surface area contributed by atoms with Crippen LogP contribution in [0.1, 0.15) is 64.4 Å². The van der Waals surface area contributed by atoms with E-state index in [1.54, 1.807) is 4.90 Å². The summed E-state index contributed by atoms with van der Waals surface area (Å²) in [5.74, 6) is 0.794.